The van der Waals surface area contributed by atoms with Crippen molar-refractivity contribution in [2.75, 3.05) is 36.4 Å². The van der Waals surface area contributed by atoms with Crippen LogP contribution in [0.25, 0.3) is 0 Å². The topological polar surface area (TPSA) is 78.4 Å². The molecule has 31 heavy (non-hydrogen) atoms. The minimum absolute atomic E-state index is 0.0228. The van der Waals surface area contributed by atoms with E-state index in [4.69, 9.17) is 4.98 Å². The molecule has 166 valence electrons. The van der Waals surface area contributed by atoms with E-state index >= 15 is 0 Å². The second kappa shape index (κ2) is 10.2. The van der Waals surface area contributed by atoms with Crippen LogP contribution >= 0.6 is 11.3 Å². The first-order valence-electron chi connectivity index (χ1n) is 11.4. The molecular formula is C23H31N5O2S. The van der Waals surface area contributed by atoms with Gasteiger partial charge in [-0.3, -0.25) is 14.6 Å². The Hall–Kier alpha value is -2.48. The van der Waals surface area contributed by atoms with E-state index in [0.717, 1.165) is 81.0 Å². The summed E-state index contributed by atoms with van der Waals surface area (Å²) in [4.78, 5) is 39.7. The lowest BCUT2D eigenvalue weighted by atomic mass is 9.89. The summed E-state index contributed by atoms with van der Waals surface area (Å²) in [5, 5.41) is 3.60. The van der Waals surface area contributed by atoms with Crippen LogP contribution in [0.2, 0.25) is 0 Å². The largest absolute Gasteiger partial charge is 0.368 e. The molecule has 2 aliphatic rings. The number of anilines is 2. The maximum Gasteiger partial charge on any atom is 0.231 e. The van der Waals surface area contributed by atoms with E-state index in [-0.39, 0.29) is 17.7 Å². The van der Waals surface area contributed by atoms with Crippen molar-refractivity contribution in [1.29, 1.82) is 0 Å². The van der Waals surface area contributed by atoms with Crippen LogP contribution < -0.4 is 10.2 Å². The zero-order valence-electron chi connectivity index (χ0n) is 18.2. The van der Waals surface area contributed by atoms with Gasteiger partial charge >= 0.3 is 0 Å². The number of rotatable bonds is 7. The number of carbonyl (C=O) groups excluding carboxylic acids is 2. The molecule has 1 unspecified atom stereocenters. The van der Waals surface area contributed by atoms with E-state index < -0.39 is 0 Å². The second-order valence-electron chi connectivity index (χ2n) is 8.30. The van der Waals surface area contributed by atoms with E-state index in [9.17, 15) is 9.59 Å². The molecule has 0 radical (unpaired) electrons. The van der Waals surface area contributed by atoms with E-state index in [2.05, 4.69) is 22.1 Å². The second-order valence-corrected chi connectivity index (χ2v) is 9.38. The maximum absolute atomic E-state index is 13.3. The Bertz CT molecular complexity index is 893. The van der Waals surface area contributed by atoms with Crippen molar-refractivity contribution in [3.63, 3.8) is 0 Å². The van der Waals surface area contributed by atoms with Gasteiger partial charge in [0.15, 0.2) is 5.13 Å². The van der Waals surface area contributed by atoms with Crippen LogP contribution in [0.15, 0.2) is 24.5 Å². The van der Waals surface area contributed by atoms with Gasteiger partial charge in [-0.2, -0.15) is 0 Å². The summed E-state index contributed by atoms with van der Waals surface area (Å²) in [6.07, 6.45) is 9.97. The number of aromatic nitrogens is 2. The van der Waals surface area contributed by atoms with E-state index in [0.29, 0.717) is 11.6 Å². The van der Waals surface area contributed by atoms with Crippen molar-refractivity contribution >= 4 is 34.0 Å². The third kappa shape index (κ3) is 5.23. The summed E-state index contributed by atoms with van der Waals surface area (Å²) in [5.41, 5.74) is 2.04. The highest BCUT2D eigenvalue weighted by atomic mass is 32.1. The average Bonchev–Trinajstić information content (AvgIpc) is 3.22. The Morgan fingerprint density at radius 3 is 2.68 bits per heavy atom. The van der Waals surface area contributed by atoms with Crippen molar-refractivity contribution < 1.29 is 9.59 Å². The van der Waals surface area contributed by atoms with E-state index in [1.807, 2.05) is 17.0 Å². The van der Waals surface area contributed by atoms with Gasteiger partial charge in [-0.15, -0.1) is 11.3 Å². The molecule has 1 aliphatic carbocycles. The van der Waals surface area contributed by atoms with Gasteiger partial charge in [0, 0.05) is 55.6 Å². The predicted molar refractivity (Wildman–Crippen MR) is 124 cm³/mol. The smallest absolute Gasteiger partial charge is 0.231 e. The molecule has 1 atom stereocenters. The molecule has 8 heteroatoms. The summed E-state index contributed by atoms with van der Waals surface area (Å²) in [6.45, 7) is 5.22. The van der Waals surface area contributed by atoms with Crippen molar-refractivity contribution in [3.8, 4) is 0 Å². The molecular weight excluding hydrogens is 410 g/mol. The normalized spacial score (nSPS) is 18.5. The molecule has 2 amide bonds. The first kappa shape index (κ1) is 21.7. The van der Waals surface area contributed by atoms with Crippen LogP contribution in [-0.2, 0) is 16.0 Å². The van der Waals surface area contributed by atoms with Crippen molar-refractivity contribution in [1.82, 2.24) is 14.9 Å². The van der Waals surface area contributed by atoms with Crippen LogP contribution in [0.5, 0.6) is 0 Å². The van der Waals surface area contributed by atoms with E-state index in [1.165, 1.54) is 0 Å². The number of carbonyl (C=O) groups is 2. The lowest BCUT2D eigenvalue weighted by Crippen LogP contribution is -2.50. The highest BCUT2D eigenvalue weighted by Crippen LogP contribution is 2.38. The first-order chi connectivity index (χ1) is 15.2. The SMILES string of the molecule is CCCCCC(=O)Nc1nc2c(s1)CCCC2C(=O)N1CCN(c2ccncc2)CC1. The molecule has 0 bridgehead atoms. The Morgan fingerprint density at radius 1 is 1.16 bits per heavy atom. The number of amides is 2. The Morgan fingerprint density at radius 2 is 1.94 bits per heavy atom. The predicted octanol–water partition coefficient (Wildman–Crippen LogP) is 3.83. The molecule has 4 rings (SSSR count). The zero-order chi connectivity index (χ0) is 21.6. The van der Waals surface area contributed by atoms with Gasteiger partial charge in [-0.1, -0.05) is 19.8 Å². The zero-order valence-corrected chi connectivity index (χ0v) is 19.0. The minimum atomic E-state index is -0.182. The standard InChI is InChI=1S/C23H31N5O2S/c1-2-3-4-8-20(29)25-23-26-21-18(6-5-7-19(21)31-23)22(30)28-15-13-27(14-16-28)17-9-11-24-12-10-17/h9-12,18H,2-8,13-16H2,1H3,(H,25,26,29). The number of piperazine rings is 1. The van der Waals surface area contributed by atoms with Crippen molar-refractivity contribution in [3.05, 3.63) is 35.1 Å². The Balaban J connectivity index is 1.37. The fourth-order valence-electron chi connectivity index (χ4n) is 4.39. The van der Waals surface area contributed by atoms with Crippen LogP contribution in [0.1, 0.15) is 61.9 Å². The Labute approximate surface area is 187 Å². The Kier molecular flexibility index (Phi) is 7.17. The first-order valence-corrected chi connectivity index (χ1v) is 12.2. The molecule has 0 saturated carbocycles. The molecule has 1 N–H and O–H groups in total. The van der Waals surface area contributed by atoms with Crippen molar-refractivity contribution in [2.24, 2.45) is 0 Å². The number of fused-ring (bicyclic) bond motifs is 1. The number of unbranched alkanes of at least 4 members (excludes halogenated alkanes) is 2. The van der Waals surface area contributed by atoms with Gasteiger partial charge in [-0.25, -0.2) is 4.98 Å². The number of nitrogens with one attached hydrogen (secondary N) is 1. The quantitative estimate of drug-likeness (QED) is 0.661. The summed E-state index contributed by atoms with van der Waals surface area (Å²) in [5.74, 6) is 0.0225. The fourth-order valence-corrected chi connectivity index (χ4v) is 5.47. The summed E-state index contributed by atoms with van der Waals surface area (Å²) in [6, 6.07) is 4.02. The van der Waals surface area contributed by atoms with Crippen LogP contribution in [0, 0.1) is 0 Å². The van der Waals surface area contributed by atoms with Gasteiger partial charge in [-0.05, 0) is 37.8 Å². The third-order valence-corrected chi connectivity index (χ3v) is 7.17. The number of nitrogens with zero attached hydrogens (tertiary/aromatic N) is 4. The highest BCUT2D eigenvalue weighted by Gasteiger charge is 2.34. The summed E-state index contributed by atoms with van der Waals surface area (Å²) in [7, 11) is 0. The molecule has 7 nitrogen and oxygen atoms in total. The van der Waals surface area contributed by atoms with Gasteiger partial charge in [0.2, 0.25) is 11.8 Å². The monoisotopic (exact) mass is 441 g/mol. The minimum Gasteiger partial charge on any atom is -0.368 e. The lowest BCUT2D eigenvalue weighted by molar-refractivity contribution is -0.133. The molecule has 1 fully saturated rings. The highest BCUT2D eigenvalue weighted by molar-refractivity contribution is 7.15. The molecule has 3 heterocycles. The number of pyridine rings is 1. The van der Waals surface area contributed by atoms with Gasteiger partial charge < -0.3 is 15.1 Å². The van der Waals surface area contributed by atoms with Gasteiger partial charge in [0.1, 0.15) is 0 Å². The average molecular weight is 442 g/mol. The third-order valence-electron chi connectivity index (χ3n) is 6.13. The molecule has 2 aromatic rings. The molecule has 0 spiro atoms. The lowest BCUT2D eigenvalue weighted by Gasteiger charge is -2.38. The molecule has 0 aromatic carbocycles. The maximum atomic E-state index is 13.3. The molecule has 1 saturated heterocycles. The van der Waals surface area contributed by atoms with Gasteiger partial charge in [0.25, 0.3) is 0 Å². The van der Waals surface area contributed by atoms with Gasteiger partial charge in [0.05, 0.1) is 11.6 Å². The van der Waals surface area contributed by atoms with Crippen LogP contribution in [-0.4, -0.2) is 52.9 Å². The van der Waals surface area contributed by atoms with Crippen molar-refractivity contribution in [2.45, 2.75) is 57.8 Å². The molecule has 2 aromatic heterocycles. The van der Waals surface area contributed by atoms with E-state index in [1.54, 1.807) is 23.7 Å². The number of hydrogen-bond acceptors (Lipinski definition) is 6. The summed E-state index contributed by atoms with van der Waals surface area (Å²) < 4.78 is 0. The molecule has 1 aliphatic heterocycles. The fraction of sp³-hybridized carbons (Fsp3) is 0.565. The number of thiazole rings is 1. The summed E-state index contributed by atoms with van der Waals surface area (Å²) >= 11 is 1.54. The number of aryl methyl sites for hydroxylation is 1. The number of hydrogen-bond donors (Lipinski definition) is 1. The van der Waals surface area contributed by atoms with Crippen LogP contribution in [0.3, 0.4) is 0 Å². The van der Waals surface area contributed by atoms with Crippen LogP contribution in [0.4, 0.5) is 10.8 Å².